The highest BCUT2D eigenvalue weighted by molar-refractivity contribution is 5.83. The van der Waals surface area contributed by atoms with Gasteiger partial charge in [0.2, 0.25) is 5.91 Å². The zero-order valence-corrected chi connectivity index (χ0v) is 13.1. The van der Waals surface area contributed by atoms with Crippen LogP contribution in [0, 0.1) is 0 Å². The third kappa shape index (κ3) is 3.39. The van der Waals surface area contributed by atoms with E-state index in [0.29, 0.717) is 13.0 Å². The Hall–Kier alpha value is -2.69. The molecule has 1 aromatic carbocycles. The maximum Gasteiger partial charge on any atom is 0.227 e. The van der Waals surface area contributed by atoms with Gasteiger partial charge < -0.3 is 5.32 Å². The van der Waals surface area contributed by atoms with Crippen LogP contribution >= 0.6 is 0 Å². The van der Waals surface area contributed by atoms with E-state index in [-0.39, 0.29) is 11.8 Å². The minimum atomic E-state index is -0.105. The lowest BCUT2D eigenvalue weighted by Crippen LogP contribution is -2.31. The highest BCUT2D eigenvalue weighted by Gasteiger charge is 2.18. The largest absolute Gasteiger partial charge is 0.355 e. The molecule has 23 heavy (non-hydrogen) atoms. The number of hydrogen-bond donors (Lipinski definition) is 1. The van der Waals surface area contributed by atoms with E-state index in [1.165, 1.54) is 0 Å². The summed E-state index contributed by atoms with van der Waals surface area (Å²) in [7, 11) is 0. The molecule has 0 aliphatic carbocycles. The minimum absolute atomic E-state index is 0.0625. The second-order valence-corrected chi connectivity index (χ2v) is 5.46. The Kier molecular flexibility index (Phi) is 4.66. The molecule has 0 saturated heterocycles. The molecule has 3 aromatic rings. The van der Waals surface area contributed by atoms with Crippen LogP contribution in [0.5, 0.6) is 0 Å². The van der Waals surface area contributed by atoms with Crippen molar-refractivity contribution in [3.8, 4) is 0 Å². The van der Waals surface area contributed by atoms with E-state index in [9.17, 15) is 4.79 Å². The van der Waals surface area contributed by atoms with Gasteiger partial charge in [-0.2, -0.15) is 0 Å². The topological polar surface area (TPSA) is 59.3 Å². The second kappa shape index (κ2) is 7.05. The Morgan fingerprint density at radius 1 is 1.13 bits per heavy atom. The summed E-state index contributed by atoms with van der Waals surface area (Å²) in [5.74, 6) is 0.813. The fourth-order valence-electron chi connectivity index (χ4n) is 2.74. The van der Waals surface area contributed by atoms with Crippen molar-refractivity contribution in [3.63, 3.8) is 0 Å². The molecule has 3 rings (SSSR count). The van der Waals surface area contributed by atoms with Gasteiger partial charge in [-0.05, 0) is 24.1 Å². The van der Waals surface area contributed by atoms with E-state index in [0.717, 1.165) is 23.5 Å². The van der Waals surface area contributed by atoms with Crippen LogP contribution in [0.3, 0.4) is 0 Å². The summed E-state index contributed by atoms with van der Waals surface area (Å²) in [5, 5.41) is 11.3. The van der Waals surface area contributed by atoms with Crippen LogP contribution in [0.25, 0.3) is 5.65 Å². The molecule has 0 aliphatic rings. The van der Waals surface area contributed by atoms with Gasteiger partial charge in [-0.15, -0.1) is 10.2 Å². The standard InChI is InChI=1S/C18H20N4O/c1-2-15(14-8-4-3-5-9-14)18(23)19-12-11-17-21-20-16-10-6-7-13-22(16)17/h3-10,13,15H,2,11-12H2,1H3,(H,19,23)/t15-/m1/s1. The molecule has 5 nitrogen and oxygen atoms in total. The van der Waals surface area contributed by atoms with Crippen molar-refractivity contribution in [1.82, 2.24) is 19.9 Å². The molecule has 5 heteroatoms. The number of amides is 1. The van der Waals surface area contributed by atoms with Crippen molar-refractivity contribution in [1.29, 1.82) is 0 Å². The quantitative estimate of drug-likeness (QED) is 0.761. The van der Waals surface area contributed by atoms with Gasteiger partial charge in [-0.3, -0.25) is 9.20 Å². The monoisotopic (exact) mass is 308 g/mol. The number of carbonyl (C=O) groups excluding carboxylic acids is 1. The first kappa shape index (κ1) is 15.2. The van der Waals surface area contributed by atoms with Gasteiger partial charge in [-0.1, -0.05) is 43.3 Å². The van der Waals surface area contributed by atoms with E-state index >= 15 is 0 Å². The number of nitrogens with zero attached hydrogens (tertiary/aromatic N) is 3. The summed E-state index contributed by atoms with van der Waals surface area (Å²) in [6, 6.07) is 15.7. The minimum Gasteiger partial charge on any atom is -0.355 e. The summed E-state index contributed by atoms with van der Waals surface area (Å²) < 4.78 is 1.95. The first-order valence-electron chi connectivity index (χ1n) is 7.91. The average Bonchev–Trinajstić information content (AvgIpc) is 3.00. The lowest BCUT2D eigenvalue weighted by molar-refractivity contribution is -0.122. The van der Waals surface area contributed by atoms with Crippen molar-refractivity contribution in [2.75, 3.05) is 6.54 Å². The number of benzene rings is 1. The molecule has 0 saturated carbocycles. The fourth-order valence-corrected chi connectivity index (χ4v) is 2.74. The number of rotatable bonds is 6. The Bertz CT molecular complexity index is 782. The molecular weight excluding hydrogens is 288 g/mol. The average molecular weight is 308 g/mol. The molecule has 0 radical (unpaired) electrons. The molecule has 0 fully saturated rings. The van der Waals surface area contributed by atoms with Gasteiger partial charge in [0, 0.05) is 19.2 Å². The molecule has 1 atom stereocenters. The fraction of sp³-hybridized carbons (Fsp3) is 0.278. The van der Waals surface area contributed by atoms with Crippen LogP contribution in [0.4, 0.5) is 0 Å². The van der Waals surface area contributed by atoms with Crippen molar-refractivity contribution >= 4 is 11.6 Å². The van der Waals surface area contributed by atoms with E-state index in [4.69, 9.17) is 0 Å². The third-order valence-electron chi connectivity index (χ3n) is 3.96. The second-order valence-electron chi connectivity index (χ2n) is 5.46. The first-order valence-corrected chi connectivity index (χ1v) is 7.91. The highest BCUT2D eigenvalue weighted by atomic mass is 16.1. The van der Waals surface area contributed by atoms with E-state index in [2.05, 4.69) is 15.5 Å². The SMILES string of the molecule is CC[C@@H](C(=O)NCCc1nnc2ccccn12)c1ccccc1. The summed E-state index contributed by atoms with van der Waals surface area (Å²) in [6.45, 7) is 2.58. The van der Waals surface area contributed by atoms with Crippen LogP contribution in [0.1, 0.15) is 30.7 Å². The van der Waals surface area contributed by atoms with Crippen LogP contribution < -0.4 is 5.32 Å². The Labute approximate surface area is 135 Å². The smallest absolute Gasteiger partial charge is 0.227 e. The van der Waals surface area contributed by atoms with E-state index in [1.54, 1.807) is 0 Å². The zero-order valence-electron chi connectivity index (χ0n) is 13.1. The van der Waals surface area contributed by atoms with E-state index < -0.39 is 0 Å². The first-order chi connectivity index (χ1) is 11.3. The van der Waals surface area contributed by atoms with Gasteiger partial charge in [-0.25, -0.2) is 0 Å². The molecule has 2 heterocycles. The lowest BCUT2D eigenvalue weighted by atomic mass is 9.96. The van der Waals surface area contributed by atoms with Crippen molar-refractivity contribution in [2.24, 2.45) is 0 Å². The number of aromatic nitrogens is 3. The van der Waals surface area contributed by atoms with Gasteiger partial charge >= 0.3 is 0 Å². The number of nitrogens with one attached hydrogen (secondary N) is 1. The molecular formula is C18H20N4O. The molecule has 0 aliphatic heterocycles. The number of pyridine rings is 1. The molecule has 1 amide bonds. The molecule has 1 N–H and O–H groups in total. The Morgan fingerprint density at radius 3 is 2.70 bits per heavy atom. The van der Waals surface area contributed by atoms with Crippen molar-refractivity contribution < 1.29 is 4.79 Å². The summed E-state index contributed by atoms with van der Waals surface area (Å²) in [5.41, 5.74) is 1.88. The van der Waals surface area contributed by atoms with Gasteiger partial charge in [0.05, 0.1) is 5.92 Å². The summed E-state index contributed by atoms with van der Waals surface area (Å²) in [6.07, 6.45) is 3.37. The number of carbonyl (C=O) groups is 1. The zero-order chi connectivity index (χ0) is 16.1. The van der Waals surface area contributed by atoms with Crippen LogP contribution in [-0.4, -0.2) is 27.0 Å². The predicted molar refractivity (Wildman–Crippen MR) is 89.2 cm³/mol. The van der Waals surface area contributed by atoms with Gasteiger partial charge in [0.15, 0.2) is 5.65 Å². The van der Waals surface area contributed by atoms with Gasteiger partial charge in [0.25, 0.3) is 0 Å². The summed E-state index contributed by atoms with van der Waals surface area (Å²) >= 11 is 0. The predicted octanol–water partition coefficient (Wildman–Crippen LogP) is 2.58. The van der Waals surface area contributed by atoms with Crippen LogP contribution in [-0.2, 0) is 11.2 Å². The maximum atomic E-state index is 12.4. The van der Waals surface area contributed by atoms with Crippen LogP contribution in [0.15, 0.2) is 54.7 Å². The third-order valence-corrected chi connectivity index (χ3v) is 3.96. The normalized spacial score (nSPS) is 12.2. The number of hydrogen-bond acceptors (Lipinski definition) is 3. The molecule has 2 aromatic heterocycles. The van der Waals surface area contributed by atoms with Gasteiger partial charge in [0.1, 0.15) is 5.82 Å². The molecule has 0 spiro atoms. The Balaban J connectivity index is 1.60. The number of fused-ring (bicyclic) bond motifs is 1. The highest BCUT2D eigenvalue weighted by Crippen LogP contribution is 2.19. The van der Waals surface area contributed by atoms with Crippen molar-refractivity contribution in [2.45, 2.75) is 25.7 Å². The molecule has 0 unspecified atom stereocenters. The molecule has 0 bridgehead atoms. The van der Waals surface area contributed by atoms with Crippen molar-refractivity contribution in [3.05, 3.63) is 66.1 Å². The maximum absolute atomic E-state index is 12.4. The lowest BCUT2D eigenvalue weighted by Gasteiger charge is -2.15. The summed E-state index contributed by atoms with van der Waals surface area (Å²) in [4.78, 5) is 12.4. The van der Waals surface area contributed by atoms with E-state index in [1.807, 2.05) is 66.1 Å². The van der Waals surface area contributed by atoms with Crippen LogP contribution in [0.2, 0.25) is 0 Å². The molecule has 118 valence electrons. The Morgan fingerprint density at radius 2 is 1.91 bits per heavy atom.